The molecule has 3 rings (SSSR count). The molecule has 1 aliphatic rings. The molecule has 0 fully saturated rings. The summed E-state index contributed by atoms with van der Waals surface area (Å²) in [6, 6.07) is 9.34. The zero-order chi connectivity index (χ0) is 16.4. The smallest absolute Gasteiger partial charge is 0.227 e. The Hall–Kier alpha value is -2.01. The number of nitrogens with zero attached hydrogens (tertiary/aromatic N) is 1. The Morgan fingerprint density at radius 3 is 2.83 bits per heavy atom. The molecule has 1 N–H and O–H groups in total. The fourth-order valence-corrected chi connectivity index (χ4v) is 3.52. The van der Waals surface area contributed by atoms with E-state index >= 15 is 0 Å². The number of phenolic OH excluding ortho intramolecular Hbond substituents is 1. The third-order valence-electron chi connectivity index (χ3n) is 4.25. The van der Waals surface area contributed by atoms with Gasteiger partial charge in [-0.25, -0.2) is 0 Å². The first kappa shape index (κ1) is 15.9. The molecule has 0 saturated carbocycles. The Morgan fingerprint density at radius 2 is 2.09 bits per heavy atom. The Kier molecular flexibility index (Phi) is 4.57. The van der Waals surface area contributed by atoms with Gasteiger partial charge in [0.1, 0.15) is 12.0 Å². The summed E-state index contributed by atoms with van der Waals surface area (Å²) >= 11 is 4.59. The van der Waals surface area contributed by atoms with Crippen LogP contribution in [0.3, 0.4) is 0 Å². The van der Waals surface area contributed by atoms with E-state index in [-0.39, 0.29) is 16.9 Å². The van der Waals surface area contributed by atoms with Crippen molar-refractivity contribution >= 4 is 41.3 Å². The number of thiol groups is 1. The minimum atomic E-state index is -0.0264. The molecule has 0 bridgehead atoms. The Labute approximate surface area is 140 Å². The van der Waals surface area contributed by atoms with Crippen molar-refractivity contribution in [3.63, 3.8) is 0 Å². The van der Waals surface area contributed by atoms with Crippen LogP contribution in [0.4, 0.5) is 5.69 Å². The summed E-state index contributed by atoms with van der Waals surface area (Å²) in [7, 11) is 0. The van der Waals surface area contributed by atoms with E-state index in [4.69, 9.17) is 0 Å². The van der Waals surface area contributed by atoms with Crippen molar-refractivity contribution in [3.8, 4) is 5.75 Å². The summed E-state index contributed by atoms with van der Waals surface area (Å²) < 4.78 is 0. The Balaban J connectivity index is 2.03. The third kappa shape index (κ3) is 3.06. The summed E-state index contributed by atoms with van der Waals surface area (Å²) in [4.78, 5) is 24.7. The zero-order valence-electron chi connectivity index (χ0n) is 12.7. The molecule has 5 heteroatoms. The number of anilines is 1. The summed E-state index contributed by atoms with van der Waals surface area (Å²) in [5.74, 6) is 0.157. The van der Waals surface area contributed by atoms with Gasteiger partial charge in [-0.1, -0.05) is 24.3 Å². The van der Waals surface area contributed by atoms with Crippen molar-refractivity contribution in [1.82, 2.24) is 0 Å². The van der Waals surface area contributed by atoms with Crippen molar-refractivity contribution in [2.24, 2.45) is 0 Å². The average molecular weight is 329 g/mol. The molecule has 23 heavy (non-hydrogen) atoms. The second-order valence-corrected chi connectivity index (χ2v) is 6.59. The molecule has 1 heterocycles. The minimum absolute atomic E-state index is 0.0264. The zero-order valence-corrected chi connectivity index (χ0v) is 13.6. The predicted molar refractivity (Wildman–Crippen MR) is 94.4 cm³/mol. The average Bonchev–Trinajstić information content (AvgIpc) is 2.55. The van der Waals surface area contributed by atoms with Gasteiger partial charge in [0.25, 0.3) is 0 Å². The molecule has 1 unspecified atom stereocenters. The van der Waals surface area contributed by atoms with E-state index in [0.29, 0.717) is 25.8 Å². The number of aldehydes is 1. The van der Waals surface area contributed by atoms with E-state index < -0.39 is 0 Å². The van der Waals surface area contributed by atoms with Gasteiger partial charge in [-0.15, -0.1) is 0 Å². The molecule has 4 nitrogen and oxygen atoms in total. The molecule has 120 valence electrons. The maximum absolute atomic E-state index is 12.5. The molecule has 1 amide bonds. The Bertz CT molecular complexity index is 759. The van der Waals surface area contributed by atoms with Crippen molar-refractivity contribution in [2.45, 2.75) is 30.9 Å². The summed E-state index contributed by atoms with van der Waals surface area (Å²) in [6.07, 6.45) is 2.85. The number of amides is 1. The highest BCUT2D eigenvalue weighted by Crippen LogP contribution is 2.39. The largest absolute Gasteiger partial charge is 0.507 e. The normalized spacial score (nSPS) is 17.1. The first-order chi connectivity index (χ1) is 11.1. The van der Waals surface area contributed by atoms with Crippen LogP contribution in [0.2, 0.25) is 0 Å². The van der Waals surface area contributed by atoms with Crippen LogP contribution in [0.5, 0.6) is 5.75 Å². The number of phenols is 1. The molecule has 0 radical (unpaired) electrons. The van der Waals surface area contributed by atoms with E-state index in [1.807, 2.05) is 24.3 Å². The number of carbonyl (C=O) groups is 2. The topological polar surface area (TPSA) is 57.6 Å². The molecule has 0 aromatic heterocycles. The monoisotopic (exact) mass is 329 g/mol. The van der Waals surface area contributed by atoms with E-state index in [0.717, 1.165) is 34.7 Å². The number of hydrogen-bond acceptors (Lipinski definition) is 4. The second kappa shape index (κ2) is 6.62. The van der Waals surface area contributed by atoms with E-state index in [1.54, 1.807) is 11.0 Å². The van der Waals surface area contributed by atoms with Crippen molar-refractivity contribution in [2.75, 3.05) is 11.4 Å². The van der Waals surface area contributed by atoms with Crippen molar-refractivity contribution in [3.05, 3.63) is 35.9 Å². The first-order valence-electron chi connectivity index (χ1n) is 7.77. The summed E-state index contributed by atoms with van der Waals surface area (Å²) in [5, 5.41) is 12.1. The highest BCUT2D eigenvalue weighted by atomic mass is 32.1. The maximum Gasteiger partial charge on any atom is 0.227 e. The highest BCUT2D eigenvalue weighted by Gasteiger charge is 2.28. The molecule has 0 saturated heterocycles. The lowest BCUT2D eigenvalue weighted by molar-refractivity contribution is -0.118. The van der Waals surface area contributed by atoms with Crippen LogP contribution in [-0.4, -0.2) is 29.1 Å². The quantitative estimate of drug-likeness (QED) is 0.515. The number of unbranched alkanes of at least 4 members (excludes halogenated alkanes) is 1. The second-order valence-electron chi connectivity index (χ2n) is 5.86. The number of hydrogen-bond donors (Lipinski definition) is 2. The molecule has 1 atom stereocenters. The molecule has 2 aromatic carbocycles. The van der Waals surface area contributed by atoms with Crippen LogP contribution in [-0.2, 0) is 16.0 Å². The van der Waals surface area contributed by atoms with Gasteiger partial charge in [0, 0.05) is 36.1 Å². The molecule has 1 aliphatic heterocycles. The maximum atomic E-state index is 12.5. The minimum Gasteiger partial charge on any atom is -0.507 e. The molecule has 2 aromatic rings. The number of benzene rings is 2. The number of rotatable bonds is 4. The van der Waals surface area contributed by atoms with Gasteiger partial charge in [-0.3, -0.25) is 4.79 Å². The van der Waals surface area contributed by atoms with E-state index in [9.17, 15) is 14.7 Å². The van der Waals surface area contributed by atoms with Gasteiger partial charge in [-0.2, -0.15) is 12.6 Å². The number of fused-ring (bicyclic) bond motifs is 3. The van der Waals surface area contributed by atoms with Crippen LogP contribution in [0.15, 0.2) is 30.3 Å². The molecular weight excluding hydrogens is 310 g/mol. The van der Waals surface area contributed by atoms with Crippen molar-refractivity contribution in [1.29, 1.82) is 0 Å². The standard InChI is InChI=1S/C18H19NO3S/c20-8-4-3-7-18(22)19-11-12(23)9-15-13-5-1-2-6-14(13)17(21)10-16(15)19/h1-2,5-6,8,10,12,21,23H,3-4,7,9,11H2. The van der Waals surface area contributed by atoms with Gasteiger partial charge < -0.3 is 14.8 Å². The van der Waals surface area contributed by atoms with Crippen LogP contribution in [0.25, 0.3) is 10.8 Å². The van der Waals surface area contributed by atoms with Crippen LogP contribution in [0, 0.1) is 0 Å². The van der Waals surface area contributed by atoms with Crippen LogP contribution >= 0.6 is 12.6 Å². The fourth-order valence-electron chi connectivity index (χ4n) is 3.17. The van der Waals surface area contributed by atoms with E-state index in [2.05, 4.69) is 12.6 Å². The van der Waals surface area contributed by atoms with Crippen molar-refractivity contribution < 1.29 is 14.7 Å². The summed E-state index contributed by atoms with van der Waals surface area (Å²) in [6.45, 7) is 0.522. The van der Waals surface area contributed by atoms with Gasteiger partial charge in [0.05, 0.1) is 5.69 Å². The fraction of sp³-hybridized carbons (Fsp3) is 0.333. The third-order valence-corrected chi connectivity index (χ3v) is 4.59. The van der Waals surface area contributed by atoms with E-state index in [1.165, 1.54) is 0 Å². The predicted octanol–water partition coefficient (Wildman–Crippen LogP) is 3.10. The molecule has 0 aliphatic carbocycles. The van der Waals surface area contributed by atoms with Crippen LogP contribution in [0.1, 0.15) is 24.8 Å². The molecule has 0 spiro atoms. The number of aromatic hydroxyl groups is 1. The highest BCUT2D eigenvalue weighted by molar-refractivity contribution is 7.81. The lowest BCUT2D eigenvalue weighted by atomic mass is 9.94. The van der Waals surface area contributed by atoms with Crippen LogP contribution < -0.4 is 4.90 Å². The lowest BCUT2D eigenvalue weighted by Crippen LogP contribution is -2.40. The lowest BCUT2D eigenvalue weighted by Gasteiger charge is -2.34. The van der Waals surface area contributed by atoms with Gasteiger partial charge in [-0.05, 0) is 23.8 Å². The Morgan fingerprint density at radius 1 is 1.35 bits per heavy atom. The van der Waals surface area contributed by atoms with Gasteiger partial charge in [0.15, 0.2) is 0 Å². The van der Waals surface area contributed by atoms with Gasteiger partial charge >= 0.3 is 0 Å². The number of carbonyl (C=O) groups excluding carboxylic acids is 2. The summed E-state index contributed by atoms with van der Waals surface area (Å²) in [5.41, 5.74) is 1.82. The molecular formula is C18H19NO3S. The SMILES string of the molecule is O=CCCCC(=O)N1CC(S)Cc2c1cc(O)c1ccccc21. The van der Waals surface area contributed by atoms with Gasteiger partial charge in [0.2, 0.25) is 5.91 Å². The first-order valence-corrected chi connectivity index (χ1v) is 8.29.